The number of thioether (sulfide) groups is 1. The Bertz CT molecular complexity index is 555. The van der Waals surface area contributed by atoms with E-state index in [4.69, 9.17) is 10.7 Å². The maximum Gasteiger partial charge on any atom is 0.109 e. The number of nitrogen functional groups attached to an aromatic ring is 1. The van der Waals surface area contributed by atoms with Crippen molar-refractivity contribution in [1.82, 2.24) is 9.55 Å². The normalized spacial score (nSPS) is 20.4. The highest BCUT2D eigenvalue weighted by molar-refractivity contribution is 7.99. The molecule has 1 unspecified atom stereocenters. The van der Waals surface area contributed by atoms with Gasteiger partial charge in [0.05, 0.1) is 11.0 Å². The van der Waals surface area contributed by atoms with Crippen molar-refractivity contribution in [2.24, 2.45) is 0 Å². The standard InChI is InChI=1S/C14H19N3S/c1-2-14-16-12-8-10(15)5-6-13(12)17(14)11-4-3-7-18-9-11/h5-6,8,11H,2-4,7,9,15H2,1H3. The van der Waals surface area contributed by atoms with Crippen LogP contribution in [0.25, 0.3) is 11.0 Å². The SMILES string of the molecule is CCc1nc2cc(N)ccc2n1C1CCCSC1. The lowest BCUT2D eigenvalue weighted by Gasteiger charge is -2.25. The summed E-state index contributed by atoms with van der Waals surface area (Å²) in [6.45, 7) is 2.18. The highest BCUT2D eigenvalue weighted by Crippen LogP contribution is 2.31. The number of hydrogen-bond donors (Lipinski definition) is 1. The van der Waals surface area contributed by atoms with Crippen LogP contribution < -0.4 is 5.73 Å². The van der Waals surface area contributed by atoms with E-state index in [1.54, 1.807) is 0 Å². The topological polar surface area (TPSA) is 43.8 Å². The van der Waals surface area contributed by atoms with Crippen molar-refractivity contribution in [3.05, 3.63) is 24.0 Å². The second-order valence-corrected chi connectivity index (χ2v) is 6.02. The monoisotopic (exact) mass is 261 g/mol. The molecule has 2 heterocycles. The molecule has 0 radical (unpaired) electrons. The molecule has 0 spiro atoms. The number of imidazole rings is 1. The molecule has 3 rings (SSSR count). The van der Waals surface area contributed by atoms with Crippen LogP contribution in [0.15, 0.2) is 18.2 Å². The maximum absolute atomic E-state index is 5.85. The van der Waals surface area contributed by atoms with Crippen molar-refractivity contribution in [3.63, 3.8) is 0 Å². The molecule has 1 atom stereocenters. The number of nitrogens with two attached hydrogens (primary N) is 1. The number of anilines is 1. The first kappa shape index (κ1) is 11.9. The number of benzene rings is 1. The van der Waals surface area contributed by atoms with Crippen molar-refractivity contribution in [2.45, 2.75) is 32.2 Å². The lowest BCUT2D eigenvalue weighted by atomic mass is 10.1. The minimum absolute atomic E-state index is 0.604. The number of hydrogen-bond acceptors (Lipinski definition) is 3. The zero-order chi connectivity index (χ0) is 12.5. The smallest absolute Gasteiger partial charge is 0.109 e. The molecule has 1 aliphatic rings. The molecule has 1 saturated heterocycles. The van der Waals surface area contributed by atoms with Crippen LogP contribution in [0.1, 0.15) is 31.6 Å². The van der Waals surface area contributed by atoms with Gasteiger partial charge in [0.1, 0.15) is 5.82 Å². The van der Waals surface area contributed by atoms with Gasteiger partial charge in [0.15, 0.2) is 0 Å². The predicted molar refractivity (Wildman–Crippen MR) is 79.1 cm³/mol. The molecule has 18 heavy (non-hydrogen) atoms. The van der Waals surface area contributed by atoms with Crippen molar-refractivity contribution >= 4 is 28.5 Å². The fraction of sp³-hybridized carbons (Fsp3) is 0.500. The van der Waals surface area contributed by atoms with Gasteiger partial charge in [-0.15, -0.1) is 0 Å². The Hall–Kier alpha value is -1.16. The molecular weight excluding hydrogens is 242 g/mol. The molecule has 1 aromatic carbocycles. The molecule has 0 bridgehead atoms. The van der Waals surface area contributed by atoms with E-state index in [0.717, 1.165) is 17.6 Å². The quantitative estimate of drug-likeness (QED) is 0.844. The summed E-state index contributed by atoms with van der Waals surface area (Å²) in [5, 5.41) is 0. The van der Waals surface area contributed by atoms with Crippen LogP contribution in [0.5, 0.6) is 0 Å². The third-order valence-electron chi connectivity index (χ3n) is 3.60. The molecule has 0 amide bonds. The van der Waals surface area contributed by atoms with Gasteiger partial charge in [-0.1, -0.05) is 6.92 Å². The largest absolute Gasteiger partial charge is 0.399 e. The van der Waals surface area contributed by atoms with Crippen molar-refractivity contribution < 1.29 is 0 Å². The Morgan fingerprint density at radius 1 is 1.50 bits per heavy atom. The molecule has 96 valence electrons. The Labute approximate surface area is 112 Å². The lowest BCUT2D eigenvalue weighted by Crippen LogP contribution is -2.18. The molecule has 0 saturated carbocycles. The summed E-state index contributed by atoms with van der Waals surface area (Å²) in [5.41, 5.74) is 8.94. The van der Waals surface area contributed by atoms with E-state index in [2.05, 4.69) is 29.3 Å². The first-order chi connectivity index (χ1) is 8.79. The first-order valence-corrected chi connectivity index (χ1v) is 7.79. The van der Waals surface area contributed by atoms with E-state index >= 15 is 0 Å². The lowest BCUT2D eigenvalue weighted by molar-refractivity contribution is 0.495. The van der Waals surface area contributed by atoms with Gasteiger partial charge < -0.3 is 10.3 Å². The summed E-state index contributed by atoms with van der Waals surface area (Å²) >= 11 is 2.06. The van der Waals surface area contributed by atoms with Crippen LogP contribution in [0.4, 0.5) is 5.69 Å². The number of nitrogens with zero attached hydrogens (tertiary/aromatic N) is 2. The molecular formula is C14H19N3S. The Morgan fingerprint density at radius 2 is 2.39 bits per heavy atom. The molecule has 1 aliphatic heterocycles. The average Bonchev–Trinajstić information content (AvgIpc) is 2.77. The summed E-state index contributed by atoms with van der Waals surface area (Å²) in [7, 11) is 0. The number of aryl methyl sites for hydroxylation is 1. The van der Waals surface area contributed by atoms with Crippen LogP contribution in [-0.2, 0) is 6.42 Å². The molecule has 1 fully saturated rings. The zero-order valence-corrected chi connectivity index (χ0v) is 11.5. The van der Waals surface area contributed by atoms with E-state index in [1.807, 2.05) is 12.1 Å². The van der Waals surface area contributed by atoms with Crippen molar-refractivity contribution in [1.29, 1.82) is 0 Å². The third-order valence-corrected chi connectivity index (χ3v) is 4.80. The van der Waals surface area contributed by atoms with Gasteiger partial charge in [-0.25, -0.2) is 4.98 Å². The van der Waals surface area contributed by atoms with Crippen LogP contribution >= 0.6 is 11.8 Å². The summed E-state index contributed by atoms with van der Waals surface area (Å²) in [6.07, 6.45) is 3.57. The van der Waals surface area contributed by atoms with Crippen LogP contribution in [0.2, 0.25) is 0 Å². The molecule has 2 N–H and O–H groups in total. The summed E-state index contributed by atoms with van der Waals surface area (Å²) in [4.78, 5) is 4.74. The van der Waals surface area contributed by atoms with Gasteiger partial charge in [0.2, 0.25) is 0 Å². The molecule has 1 aromatic heterocycles. The van der Waals surface area contributed by atoms with E-state index in [-0.39, 0.29) is 0 Å². The Balaban J connectivity index is 2.12. The second-order valence-electron chi connectivity index (χ2n) is 4.87. The summed E-state index contributed by atoms with van der Waals surface area (Å²) < 4.78 is 2.45. The van der Waals surface area contributed by atoms with Crippen molar-refractivity contribution in [2.75, 3.05) is 17.2 Å². The van der Waals surface area contributed by atoms with Gasteiger partial charge in [-0.3, -0.25) is 0 Å². The Morgan fingerprint density at radius 3 is 3.11 bits per heavy atom. The van der Waals surface area contributed by atoms with E-state index in [0.29, 0.717) is 6.04 Å². The fourth-order valence-corrected chi connectivity index (χ4v) is 3.88. The van der Waals surface area contributed by atoms with E-state index < -0.39 is 0 Å². The van der Waals surface area contributed by atoms with Gasteiger partial charge in [-0.2, -0.15) is 11.8 Å². The third kappa shape index (κ3) is 1.99. The van der Waals surface area contributed by atoms with Crippen LogP contribution in [0, 0.1) is 0 Å². The molecule has 3 nitrogen and oxygen atoms in total. The predicted octanol–water partition coefficient (Wildman–Crippen LogP) is 3.25. The van der Waals surface area contributed by atoms with E-state index in [1.165, 1.54) is 35.7 Å². The van der Waals surface area contributed by atoms with Crippen LogP contribution in [-0.4, -0.2) is 21.1 Å². The van der Waals surface area contributed by atoms with Gasteiger partial charge in [0.25, 0.3) is 0 Å². The molecule has 2 aromatic rings. The average molecular weight is 261 g/mol. The van der Waals surface area contributed by atoms with Gasteiger partial charge >= 0.3 is 0 Å². The number of fused-ring (bicyclic) bond motifs is 1. The minimum Gasteiger partial charge on any atom is -0.399 e. The maximum atomic E-state index is 5.85. The fourth-order valence-electron chi connectivity index (χ4n) is 2.75. The number of rotatable bonds is 2. The summed E-state index contributed by atoms with van der Waals surface area (Å²) in [6, 6.07) is 6.69. The highest BCUT2D eigenvalue weighted by Gasteiger charge is 2.20. The molecule has 0 aliphatic carbocycles. The summed E-state index contributed by atoms with van der Waals surface area (Å²) in [5.74, 6) is 3.71. The second kappa shape index (κ2) is 4.84. The van der Waals surface area contributed by atoms with E-state index in [9.17, 15) is 0 Å². The highest BCUT2D eigenvalue weighted by atomic mass is 32.2. The van der Waals surface area contributed by atoms with Crippen LogP contribution in [0.3, 0.4) is 0 Å². The first-order valence-electron chi connectivity index (χ1n) is 6.63. The van der Waals surface area contributed by atoms with Gasteiger partial charge in [0, 0.05) is 23.9 Å². The van der Waals surface area contributed by atoms with Gasteiger partial charge in [-0.05, 0) is 36.8 Å². The molecule has 4 heteroatoms. The Kier molecular flexibility index (Phi) is 3.20. The number of aromatic nitrogens is 2. The minimum atomic E-state index is 0.604. The zero-order valence-electron chi connectivity index (χ0n) is 10.7. The van der Waals surface area contributed by atoms with Crippen molar-refractivity contribution in [3.8, 4) is 0 Å².